The molecular formula is C25H24ClN3O5. The number of imide groups is 1. The number of anilines is 1. The molecule has 2 aromatic carbocycles. The van der Waals surface area contributed by atoms with E-state index in [-0.39, 0.29) is 12.8 Å². The van der Waals surface area contributed by atoms with Crippen molar-refractivity contribution in [2.75, 3.05) is 5.32 Å². The average molecular weight is 482 g/mol. The van der Waals surface area contributed by atoms with Crippen LogP contribution in [0.3, 0.4) is 0 Å². The maximum atomic E-state index is 13.9. The third-order valence-electron chi connectivity index (χ3n) is 7.29. The number of benzene rings is 2. The van der Waals surface area contributed by atoms with Gasteiger partial charge >= 0.3 is 5.97 Å². The predicted molar refractivity (Wildman–Crippen MR) is 124 cm³/mol. The highest BCUT2D eigenvalue weighted by Gasteiger charge is 2.71. The molecule has 9 heteroatoms. The number of halogens is 1. The Labute approximate surface area is 201 Å². The third-order valence-corrected chi connectivity index (χ3v) is 7.59. The van der Waals surface area contributed by atoms with Crippen LogP contribution in [0.5, 0.6) is 0 Å². The van der Waals surface area contributed by atoms with Gasteiger partial charge in [-0.05, 0) is 37.5 Å². The standard InChI is InChI=1S/C25H24ClN3O5/c1-12-10-15-21(16(26)11-12)27-24(34)25(15)20-19(17(28-25)8-9-18(30)31)22(32)29(23(20)33)13(2)14-6-4-3-5-7-14/h3-7,10-11,13,17,19-20,28H,8-9H2,1-2H3,(H,27,34)(H,30,31)/t13-,17+,19-,20-,25+/m1/s1. The van der Waals surface area contributed by atoms with Crippen LogP contribution in [-0.4, -0.2) is 39.7 Å². The first-order chi connectivity index (χ1) is 16.2. The summed E-state index contributed by atoms with van der Waals surface area (Å²) in [7, 11) is 0. The number of likely N-dealkylation sites (tertiary alicyclic amines) is 1. The molecule has 8 nitrogen and oxygen atoms in total. The van der Waals surface area contributed by atoms with Gasteiger partial charge in [0, 0.05) is 18.0 Å². The molecular weight excluding hydrogens is 458 g/mol. The van der Waals surface area contributed by atoms with Crippen molar-refractivity contribution < 1.29 is 24.3 Å². The predicted octanol–water partition coefficient (Wildman–Crippen LogP) is 2.99. The average Bonchev–Trinajstić information content (AvgIpc) is 3.38. The molecule has 176 valence electrons. The van der Waals surface area contributed by atoms with Crippen molar-refractivity contribution in [2.45, 2.75) is 44.3 Å². The van der Waals surface area contributed by atoms with E-state index in [1.807, 2.05) is 37.3 Å². The number of aliphatic carboxylic acids is 1. The minimum Gasteiger partial charge on any atom is -0.481 e. The molecule has 34 heavy (non-hydrogen) atoms. The van der Waals surface area contributed by atoms with Gasteiger partial charge in [-0.15, -0.1) is 0 Å². The lowest BCUT2D eigenvalue weighted by Gasteiger charge is -2.31. The summed E-state index contributed by atoms with van der Waals surface area (Å²) in [5.41, 5.74) is 1.03. The molecule has 1 spiro atoms. The Morgan fingerprint density at radius 2 is 1.88 bits per heavy atom. The number of nitrogens with one attached hydrogen (secondary N) is 2. The van der Waals surface area contributed by atoms with Gasteiger partial charge in [0.1, 0.15) is 5.54 Å². The Balaban J connectivity index is 1.64. The summed E-state index contributed by atoms with van der Waals surface area (Å²) in [6.45, 7) is 3.62. The number of carbonyl (C=O) groups is 4. The van der Waals surface area contributed by atoms with Crippen molar-refractivity contribution in [3.8, 4) is 0 Å². The van der Waals surface area contributed by atoms with Gasteiger partial charge in [0.15, 0.2) is 0 Å². The number of aryl methyl sites for hydroxylation is 1. The van der Waals surface area contributed by atoms with Crippen LogP contribution in [0.25, 0.3) is 0 Å². The van der Waals surface area contributed by atoms with Crippen LogP contribution in [0.4, 0.5) is 5.69 Å². The number of hydrogen-bond acceptors (Lipinski definition) is 5. The first-order valence-corrected chi connectivity index (χ1v) is 11.6. The highest BCUT2D eigenvalue weighted by atomic mass is 35.5. The molecule has 2 aromatic rings. The van der Waals surface area contributed by atoms with Crippen molar-refractivity contribution in [3.05, 3.63) is 64.2 Å². The Hall–Kier alpha value is -3.23. The summed E-state index contributed by atoms with van der Waals surface area (Å²) in [5, 5.41) is 15.7. The summed E-state index contributed by atoms with van der Waals surface area (Å²) < 4.78 is 0. The van der Waals surface area contributed by atoms with Crippen LogP contribution in [0.15, 0.2) is 42.5 Å². The molecule has 3 amide bonds. The van der Waals surface area contributed by atoms with E-state index >= 15 is 0 Å². The van der Waals surface area contributed by atoms with Crippen molar-refractivity contribution in [2.24, 2.45) is 11.8 Å². The van der Waals surface area contributed by atoms with Crippen LogP contribution < -0.4 is 10.6 Å². The van der Waals surface area contributed by atoms with Gasteiger partial charge < -0.3 is 10.4 Å². The molecule has 0 aliphatic carbocycles. The van der Waals surface area contributed by atoms with Crippen molar-refractivity contribution >= 4 is 41.0 Å². The van der Waals surface area contributed by atoms with E-state index in [1.54, 1.807) is 19.1 Å². The molecule has 0 unspecified atom stereocenters. The Kier molecular flexibility index (Phi) is 5.26. The van der Waals surface area contributed by atoms with Crippen molar-refractivity contribution in [1.29, 1.82) is 0 Å². The lowest BCUT2D eigenvalue weighted by molar-refractivity contribution is -0.145. The van der Waals surface area contributed by atoms with E-state index in [9.17, 15) is 24.3 Å². The lowest BCUT2D eigenvalue weighted by Crippen LogP contribution is -2.53. The monoisotopic (exact) mass is 481 g/mol. The SMILES string of the molecule is Cc1cc(Cl)c2c(c1)[C@@]1(N[C@@H](CCC(=O)O)[C@H]3C(=O)N([C@H](C)c4ccccc4)C(=O)[C@@H]31)C(=O)N2. The first-order valence-electron chi connectivity index (χ1n) is 11.2. The molecule has 3 aliphatic heterocycles. The Bertz CT molecular complexity index is 1230. The molecule has 2 saturated heterocycles. The smallest absolute Gasteiger partial charge is 0.303 e. The minimum absolute atomic E-state index is 0.104. The maximum absolute atomic E-state index is 13.9. The van der Waals surface area contributed by atoms with Gasteiger partial charge in [-0.1, -0.05) is 48.0 Å². The highest BCUT2D eigenvalue weighted by molar-refractivity contribution is 6.35. The quantitative estimate of drug-likeness (QED) is 0.565. The lowest BCUT2D eigenvalue weighted by atomic mass is 9.76. The second kappa shape index (κ2) is 7.92. The summed E-state index contributed by atoms with van der Waals surface area (Å²) in [4.78, 5) is 53.7. The summed E-state index contributed by atoms with van der Waals surface area (Å²) in [6, 6.07) is 11.5. The number of nitrogens with zero attached hydrogens (tertiary/aromatic N) is 1. The van der Waals surface area contributed by atoms with Gasteiger partial charge in [-0.2, -0.15) is 0 Å². The van der Waals surface area contributed by atoms with Crippen LogP contribution in [-0.2, 0) is 24.7 Å². The summed E-state index contributed by atoms with van der Waals surface area (Å²) in [5.74, 6) is -4.19. The molecule has 3 heterocycles. The maximum Gasteiger partial charge on any atom is 0.303 e. The second-order valence-corrected chi connectivity index (χ2v) is 9.66. The number of carboxylic acid groups (broad SMARTS) is 1. The van der Waals surface area contributed by atoms with Gasteiger partial charge in [-0.25, -0.2) is 0 Å². The number of carbonyl (C=O) groups excluding carboxylic acids is 3. The number of fused-ring (bicyclic) bond motifs is 4. The third kappa shape index (κ3) is 3.09. The van der Waals surface area contributed by atoms with Crippen molar-refractivity contribution in [3.63, 3.8) is 0 Å². The molecule has 2 fully saturated rings. The number of carboxylic acids is 1. The molecule has 3 N–H and O–H groups in total. The Morgan fingerprint density at radius 1 is 1.18 bits per heavy atom. The summed E-state index contributed by atoms with van der Waals surface area (Å²) >= 11 is 6.43. The van der Waals surface area contributed by atoms with Crippen LogP contribution in [0, 0.1) is 18.8 Å². The van der Waals surface area contributed by atoms with Gasteiger partial charge in [-0.3, -0.25) is 29.4 Å². The molecule has 0 radical (unpaired) electrons. The van der Waals surface area contributed by atoms with Gasteiger partial charge in [0.2, 0.25) is 17.7 Å². The zero-order valence-corrected chi connectivity index (χ0v) is 19.4. The van der Waals surface area contributed by atoms with E-state index in [4.69, 9.17) is 11.6 Å². The van der Waals surface area contributed by atoms with Crippen molar-refractivity contribution in [1.82, 2.24) is 10.2 Å². The number of amides is 3. The van der Waals surface area contributed by atoms with E-state index in [2.05, 4.69) is 10.6 Å². The number of hydrogen-bond donors (Lipinski definition) is 3. The molecule has 5 rings (SSSR count). The van der Waals surface area contributed by atoms with E-state index < -0.39 is 53.1 Å². The molecule has 0 aromatic heterocycles. The molecule has 0 saturated carbocycles. The van der Waals surface area contributed by atoms with Crippen LogP contribution >= 0.6 is 11.6 Å². The van der Waals surface area contributed by atoms with Crippen LogP contribution in [0.1, 0.15) is 42.5 Å². The van der Waals surface area contributed by atoms with E-state index in [1.165, 1.54) is 4.90 Å². The minimum atomic E-state index is -1.50. The summed E-state index contributed by atoms with van der Waals surface area (Å²) in [6.07, 6.45) is -0.0945. The normalized spacial score (nSPS) is 28.3. The number of rotatable bonds is 5. The Morgan fingerprint density at radius 3 is 2.56 bits per heavy atom. The molecule has 3 aliphatic rings. The first kappa shape index (κ1) is 22.6. The van der Waals surface area contributed by atoms with Gasteiger partial charge in [0.05, 0.1) is 28.6 Å². The molecule has 5 atom stereocenters. The topological polar surface area (TPSA) is 116 Å². The highest BCUT2D eigenvalue weighted by Crippen LogP contribution is 2.55. The van der Waals surface area contributed by atoms with Crippen LogP contribution in [0.2, 0.25) is 5.02 Å². The zero-order valence-electron chi connectivity index (χ0n) is 18.7. The van der Waals surface area contributed by atoms with Gasteiger partial charge in [0.25, 0.3) is 0 Å². The van der Waals surface area contributed by atoms with E-state index in [0.29, 0.717) is 16.3 Å². The second-order valence-electron chi connectivity index (χ2n) is 9.25. The fourth-order valence-corrected chi connectivity index (χ4v) is 6.13. The largest absolute Gasteiger partial charge is 0.481 e. The zero-order chi connectivity index (χ0) is 24.4. The fourth-order valence-electron chi connectivity index (χ4n) is 5.81. The molecule has 0 bridgehead atoms. The fraction of sp³-hybridized carbons (Fsp3) is 0.360. The van der Waals surface area contributed by atoms with E-state index in [0.717, 1.165) is 11.1 Å².